The van der Waals surface area contributed by atoms with Crippen molar-refractivity contribution in [2.45, 2.75) is 58.9 Å². The van der Waals surface area contributed by atoms with Crippen LogP contribution in [-0.4, -0.2) is 93.3 Å². The number of piperidine rings is 1. The first-order valence-corrected chi connectivity index (χ1v) is 11.8. The Labute approximate surface area is 190 Å². The number of hydrogen-bond donors (Lipinski definition) is 2. The number of aryl methyl sites for hydroxylation is 1. The van der Waals surface area contributed by atoms with Gasteiger partial charge in [-0.05, 0) is 53.0 Å². The van der Waals surface area contributed by atoms with Crippen molar-refractivity contribution in [3.8, 4) is 11.6 Å². The molecule has 0 aliphatic carbocycles. The third-order valence-electron chi connectivity index (χ3n) is 6.69. The van der Waals surface area contributed by atoms with Crippen molar-refractivity contribution < 1.29 is 9.44 Å². The number of nitrogens with one attached hydrogen (secondary N) is 1. The molecule has 2 aliphatic rings. The summed E-state index contributed by atoms with van der Waals surface area (Å²) in [7, 11) is -0.346. The third kappa shape index (κ3) is 4.89. The second-order valence-corrected chi connectivity index (χ2v) is 8.75. The van der Waals surface area contributed by atoms with Crippen molar-refractivity contribution in [3.63, 3.8) is 0 Å². The van der Waals surface area contributed by atoms with Crippen molar-refractivity contribution >= 4 is 18.9 Å². The molecule has 2 N–H and O–H groups in total. The summed E-state index contributed by atoms with van der Waals surface area (Å²) in [5.41, 5.74) is 1.47. The Kier molecular flexibility index (Phi) is 7.27. The van der Waals surface area contributed by atoms with Crippen LogP contribution in [0.1, 0.15) is 38.8 Å². The van der Waals surface area contributed by atoms with Crippen molar-refractivity contribution in [1.82, 2.24) is 29.9 Å². The van der Waals surface area contributed by atoms with Crippen LogP contribution < -0.4 is 10.2 Å². The molecule has 0 bridgehead atoms. The molecule has 0 unspecified atom stereocenters. The fourth-order valence-electron chi connectivity index (χ4n) is 4.94. The van der Waals surface area contributed by atoms with E-state index in [1.807, 2.05) is 20.7 Å². The minimum Gasteiger partial charge on any atom is -0.437 e. The summed E-state index contributed by atoms with van der Waals surface area (Å²) in [6, 6.07) is 1.48. The fourth-order valence-corrected chi connectivity index (χ4v) is 4.94. The molecule has 32 heavy (non-hydrogen) atoms. The smallest absolute Gasteiger partial charge is 0.376 e. The molecule has 0 aromatic carbocycles. The number of piperazine rings is 1. The van der Waals surface area contributed by atoms with Gasteiger partial charge in [-0.3, -0.25) is 4.90 Å². The lowest BCUT2D eigenvalue weighted by Gasteiger charge is -2.48. The lowest BCUT2D eigenvalue weighted by Crippen LogP contribution is -2.59. The number of rotatable bonds is 7. The summed E-state index contributed by atoms with van der Waals surface area (Å²) in [6.07, 6.45) is 5.07. The summed E-state index contributed by atoms with van der Waals surface area (Å²) in [4.78, 5) is 16.7. The summed E-state index contributed by atoms with van der Waals surface area (Å²) in [5, 5.41) is 20.9. The van der Waals surface area contributed by atoms with Gasteiger partial charge in [0, 0.05) is 38.3 Å². The van der Waals surface area contributed by atoms with Crippen molar-refractivity contribution in [2.75, 3.05) is 49.5 Å². The first-order chi connectivity index (χ1) is 15.5. The highest BCUT2D eigenvalue weighted by atomic mass is 16.4. The molecular weight excluding hydrogens is 407 g/mol. The average Bonchev–Trinajstić information content (AvgIpc) is 3.27. The molecule has 11 heteroatoms. The van der Waals surface area contributed by atoms with Crippen LogP contribution in [0.3, 0.4) is 0 Å². The zero-order valence-electron chi connectivity index (χ0n) is 19.7. The van der Waals surface area contributed by atoms with Gasteiger partial charge in [0.2, 0.25) is 0 Å². The van der Waals surface area contributed by atoms with Gasteiger partial charge in [0.15, 0.2) is 0 Å². The zero-order chi connectivity index (χ0) is 22.7. The first-order valence-electron chi connectivity index (χ1n) is 11.8. The van der Waals surface area contributed by atoms with E-state index in [4.69, 9.17) is 14.4 Å². The van der Waals surface area contributed by atoms with E-state index in [9.17, 15) is 5.02 Å². The molecule has 2 saturated heterocycles. The Balaban J connectivity index is 1.41. The third-order valence-corrected chi connectivity index (χ3v) is 6.69. The van der Waals surface area contributed by atoms with Crippen LogP contribution in [0.4, 0.5) is 11.8 Å². The minimum absolute atomic E-state index is 0.346. The summed E-state index contributed by atoms with van der Waals surface area (Å²) < 4.78 is 5.61. The van der Waals surface area contributed by atoms with Gasteiger partial charge in [0.1, 0.15) is 11.5 Å². The van der Waals surface area contributed by atoms with E-state index in [0.29, 0.717) is 29.7 Å². The second-order valence-electron chi connectivity index (χ2n) is 8.75. The lowest BCUT2D eigenvalue weighted by molar-refractivity contribution is 0.0774. The van der Waals surface area contributed by atoms with Crippen molar-refractivity contribution in [2.24, 2.45) is 0 Å². The average molecular weight is 442 g/mol. The minimum atomic E-state index is -0.346. The van der Waals surface area contributed by atoms with E-state index in [2.05, 4.69) is 37.0 Å². The normalized spacial score (nSPS) is 21.2. The van der Waals surface area contributed by atoms with E-state index in [0.717, 1.165) is 70.0 Å². The maximum atomic E-state index is 9.85. The van der Waals surface area contributed by atoms with Crippen LogP contribution in [0.25, 0.3) is 11.6 Å². The van der Waals surface area contributed by atoms with E-state index in [1.165, 1.54) is 0 Å². The van der Waals surface area contributed by atoms with E-state index in [1.54, 1.807) is 6.20 Å². The highest BCUT2D eigenvalue weighted by molar-refractivity contribution is 6.45. The SMILES string of the molecule is CCNc1nnc(-c2cnc(N3CCN(C4CCN(B(C)O)CC4)[C@@H](CC)C3)c(C)n2)o1. The molecule has 4 rings (SSSR count). The van der Waals surface area contributed by atoms with Gasteiger partial charge in [-0.25, -0.2) is 9.97 Å². The van der Waals surface area contributed by atoms with Crippen LogP contribution in [0.15, 0.2) is 10.6 Å². The van der Waals surface area contributed by atoms with Gasteiger partial charge in [0.05, 0.1) is 11.9 Å². The zero-order valence-corrected chi connectivity index (χ0v) is 19.7. The standard InChI is InChI=1S/C21H35BN8O2/c1-5-16-14-28(11-12-30(16)17-7-9-29(10-8-17)22(4)31)19-15(3)25-18(13-24-19)20-26-27-21(32-20)23-6-2/h13,16-17,31H,5-12,14H2,1-4H3,(H,23,27)/t16-/m0/s1. The van der Waals surface area contributed by atoms with Crippen LogP contribution in [0, 0.1) is 6.92 Å². The Hall–Kier alpha value is -2.24. The number of aromatic nitrogens is 4. The molecule has 0 spiro atoms. The highest BCUT2D eigenvalue weighted by Crippen LogP contribution is 2.27. The molecule has 2 aliphatic heterocycles. The van der Waals surface area contributed by atoms with Gasteiger partial charge in [-0.2, -0.15) is 0 Å². The quantitative estimate of drug-likeness (QED) is 0.616. The highest BCUT2D eigenvalue weighted by Gasteiger charge is 2.34. The number of hydrogen-bond acceptors (Lipinski definition) is 10. The molecule has 4 heterocycles. The maximum absolute atomic E-state index is 9.85. The van der Waals surface area contributed by atoms with Gasteiger partial charge in [-0.15, -0.1) is 5.10 Å². The number of anilines is 2. The van der Waals surface area contributed by atoms with Crippen LogP contribution in [-0.2, 0) is 0 Å². The van der Waals surface area contributed by atoms with Crippen molar-refractivity contribution in [1.29, 1.82) is 0 Å². The summed E-state index contributed by atoms with van der Waals surface area (Å²) >= 11 is 0. The molecule has 174 valence electrons. The van der Waals surface area contributed by atoms with Crippen LogP contribution in [0.2, 0.25) is 6.82 Å². The molecule has 1 atom stereocenters. The van der Waals surface area contributed by atoms with E-state index >= 15 is 0 Å². The van der Waals surface area contributed by atoms with Crippen molar-refractivity contribution in [3.05, 3.63) is 11.9 Å². The Bertz CT molecular complexity index is 886. The predicted molar refractivity (Wildman–Crippen MR) is 126 cm³/mol. The Morgan fingerprint density at radius 3 is 2.62 bits per heavy atom. The second kappa shape index (κ2) is 10.1. The fraction of sp³-hybridized carbons (Fsp3) is 0.714. The molecular formula is C21H35BN8O2. The van der Waals surface area contributed by atoms with Crippen LogP contribution in [0.5, 0.6) is 0 Å². The van der Waals surface area contributed by atoms with E-state index < -0.39 is 0 Å². The first kappa shape index (κ1) is 22.9. The van der Waals surface area contributed by atoms with E-state index in [-0.39, 0.29) is 7.05 Å². The monoisotopic (exact) mass is 442 g/mol. The molecule has 0 saturated carbocycles. The molecule has 0 radical (unpaired) electrons. The van der Waals surface area contributed by atoms with Gasteiger partial charge >= 0.3 is 13.1 Å². The summed E-state index contributed by atoms with van der Waals surface area (Å²) in [6.45, 7) is 13.7. The molecule has 2 aromatic rings. The predicted octanol–water partition coefficient (Wildman–Crippen LogP) is 1.74. The Morgan fingerprint density at radius 2 is 1.97 bits per heavy atom. The van der Waals surface area contributed by atoms with Gasteiger partial charge < -0.3 is 24.5 Å². The maximum Gasteiger partial charge on any atom is 0.376 e. The molecule has 0 amide bonds. The number of nitrogens with zero attached hydrogens (tertiary/aromatic N) is 7. The van der Waals surface area contributed by atoms with Gasteiger partial charge in [0.25, 0.3) is 5.89 Å². The van der Waals surface area contributed by atoms with Gasteiger partial charge in [-0.1, -0.05) is 12.0 Å². The lowest BCUT2D eigenvalue weighted by atomic mass is 9.82. The largest absolute Gasteiger partial charge is 0.437 e. The molecule has 10 nitrogen and oxygen atoms in total. The Morgan fingerprint density at radius 1 is 1.19 bits per heavy atom. The molecule has 2 fully saturated rings. The van der Waals surface area contributed by atoms with Crippen LogP contribution >= 0.6 is 0 Å². The topological polar surface area (TPSA) is 107 Å². The molecule has 2 aromatic heterocycles. The summed E-state index contributed by atoms with van der Waals surface area (Å²) in [5.74, 6) is 1.31.